The number of nitrogens with zero attached hydrogens (tertiary/aromatic N) is 2. The second-order valence-electron chi connectivity index (χ2n) is 7.04. The van der Waals surface area contributed by atoms with E-state index >= 15 is 0 Å². The minimum atomic E-state index is 0. The van der Waals surface area contributed by atoms with Crippen molar-refractivity contribution in [1.29, 1.82) is 0 Å². The van der Waals surface area contributed by atoms with Gasteiger partial charge in [-0.25, -0.2) is 0 Å². The van der Waals surface area contributed by atoms with Gasteiger partial charge in [0.15, 0.2) is 5.96 Å². The Morgan fingerprint density at radius 2 is 1.70 bits per heavy atom. The molecular weight excluding hydrogens is 451 g/mol. The van der Waals surface area contributed by atoms with Crippen LogP contribution in [0.5, 0.6) is 0 Å². The summed E-state index contributed by atoms with van der Waals surface area (Å²) in [5.74, 6) is 0.844. The maximum atomic E-state index is 5.56. The second-order valence-corrected chi connectivity index (χ2v) is 7.04. The van der Waals surface area contributed by atoms with Gasteiger partial charge in [-0.3, -0.25) is 9.89 Å². The van der Waals surface area contributed by atoms with E-state index in [1.54, 1.807) is 0 Å². The van der Waals surface area contributed by atoms with Gasteiger partial charge in [-0.05, 0) is 52.2 Å². The van der Waals surface area contributed by atoms with Gasteiger partial charge in [0.05, 0.1) is 6.61 Å². The van der Waals surface area contributed by atoms with Gasteiger partial charge < -0.3 is 15.4 Å². The van der Waals surface area contributed by atoms with Crippen molar-refractivity contribution in [3.63, 3.8) is 0 Å². The van der Waals surface area contributed by atoms with Gasteiger partial charge in [-0.2, -0.15) is 0 Å². The van der Waals surface area contributed by atoms with Crippen molar-refractivity contribution in [2.45, 2.75) is 66.3 Å². The molecule has 0 amide bonds. The highest BCUT2D eigenvalue weighted by atomic mass is 127. The van der Waals surface area contributed by atoms with Crippen LogP contribution in [0.3, 0.4) is 0 Å². The van der Waals surface area contributed by atoms with Gasteiger partial charge in [0, 0.05) is 45.4 Å². The van der Waals surface area contributed by atoms with Crippen molar-refractivity contribution in [2.24, 2.45) is 4.99 Å². The molecule has 0 atom stereocenters. The van der Waals surface area contributed by atoms with Crippen LogP contribution in [0.4, 0.5) is 0 Å². The quantitative estimate of drug-likeness (QED) is 0.213. The molecule has 5 nitrogen and oxygen atoms in total. The van der Waals surface area contributed by atoms with E-state index in [2.05, 4.69) is 72.5 Å². The number of benzene rings is 1. The number of hydrogen-bond acceptors (Lipinski definition) is 3. The fourth-order valence-corrected chi connectivity index (χ4v) is 3.06. The number of rotatable bonds is 11. The van der Waals surface area contributed by atoms with Gasteiger partial charge in [-0.15, -0.1) is 24.0 Å². The maximum absolute atomic E-state index is 5.56. The second kappa shape index (κ2) is 15.1. The zero-order chi connectivity index (χ0) is 19.4. The molecule has 0 unspecified atom stereocenters. The summed E-state index contributed by atoms with van der Waals surface area (Å²) < 4.78 is 5.56. The molecule has 6 heteroatoms. The molecule has 156 valence electrons. The minimum Gasteiger partial charge on any atom is -0.377 e. The van der Waals surface area contributed by atoms with Crippen LogP contribution in [0, 0.1) is 0 Å². The van der Waals surface area contributed by atoms with Crippen molar-refractivity contribution in [1.82, 2.24) is 15.5 Å². The molecule has 0 aliphatic carbocycles. The Labute approximate surface area is 183 Å². The van der Waals surface area contributed by atoms with E-state index in [4.69, 9.17) is 4.74 Å². The number of halogens is 1. The fraction of sp³-hybridized carbons (Fsp3) is 0.667. The third-order valence-corrected chi connectivity index (χ3v) is 4.46. The van der Waals surface area contributed by atoms with E-state index in [0.717, 1.165) is 38.6 Å². The first-order valence-electron chi connectivity index (χ1n) is 9.84. The summed E-state index contributed by atoms with van der Waals surface area (Å²) >= 11 is 0. The molecule has 0 aliphatic rings. The lowest BCUT2D eigenvalue weighted by Gasteiger charge is -2.30. The number of hydrogen-bond donors (Lipinski definition) is 2. The molecule has 0 saturated heterocycles. The van der Waals surface area contributed by atoms with E-state index in [0.29, 0.717) is 18.7 Å². The van der Waals surface area contributed by atoms with E-state index < -0.39 is 0 Å². The van der Waals surface area contributed by atoms with Crippen LogP contribution in [-0.4, -0.2) is 49.7 Å². The molecule has 0 fully saturated rings. The van der Waals surface area contributed by atoms with Crippen molar-refractivity contribution in [2.75, 3.05) is 26.7 Å². The molecule has 0 aromatic heterocycles. The highest BCUT2D eigenvalue weighted by molar-refractivity contribution is 14.0. The van der Waals surface area contributed by atoms with Gasteiger partial charge in [0.2, 0.25) is 0 Å². The molecular formula is C21H39IN4O. The smallest absolute Gasteiger partial charge is 0.191 e. The van der Waals surface area contributed by atoms with E-state index in [1.807, 2.05) is 14.0 Å². The Morgan fingerprint density at radius 3 is 2.26 bits per heavy atom. The largest absolute Gasteiger partial charge is 0.377 e. The van der Waals surface area contributed by atoms with Gasteiger partial charge in [-0.1, -0.05) is 24.3 Å². The Hall–Kier alpha value is -0.860. The van der Waals surface area contributed by atoms with E-state index in [1.165, 1.54) is 11.1 Å². The van der Waals surface area contributed by atoms with E-state index in [9.17, 15) is 0 Å². The first kappa shape index (κ1) is 26.1. The highest BCUT2D eigenvalue weighted by Gasteiger charge is 2.12. The topological polar surface area (TPSA) is 48.9 Å². The van der Waals surface area contributed by atoms with E-state index in [-0.39, 0.29) is 24.0 Å². The van der Waals surface area contributed by atoms with Crippen LogP contribution in [0.2, 0.25) is 0 Å². The van der Waals surface area contributed by atoms with Crippen LogP contribution < -0.4 is 10.6 Å². The average Bonchev–Trinajstić information content (AvgIpc) is 2.62. The summed E-state index contributed by atoms with van der Waals surface area (Å²) in [6.07, 6.45) is 1.10. The fourth-order valence-electron chi connectivity index (χ4n) is 3.06. The Bertz CT molecular complexity index is 527. The maximum Gasteiger partial charge on any atom is 0.191 e. The van der Waals surface area contributed by atoms with Crippen molar-refractivity contribution in [3.8, 4) is 0 Å². The summed E-state index contributed by atoms with van der Waals surface area (Å²) in [6.45, 7) is 15.2. The molecule has 0 heterocycles. The van der Waals surface area contributed by atoms with Gasteiger partial charge in [0.1, 0.15) is 0 Å². The zero-order valence-electron chi connectivity index (χ0n) is 17.9. The number of ether oxygens (including phenoxy) is 1. The highest BCUT2D eigenvalue weighted by Crippen LogP contribution is 2.10. The third kappa shape index (κ3) is 10.3. The summed E-state index contributed by atoms with van der Waals surface area (Å²) in [5.41, 5.74) is 2.47. The van der Waals surface area contributed by atoms with Crippen LogP contribution in [-0.2, 0) is 17.9 Å². The lowest BCUT2D eigenvalue weighted by Crippen LogP contribution is -2.41. The number of guanidine groups is 1. The summed E-state index contributed by atoms with van der Waals surface area (Å²) in [5, 5.41) is 6.82. The summed E-state index contributed by atoms with van der Waals surface area (Å²) in [7, 11) is 1.82. The SMILES string of the molecule is CCOCc1ccccc1CNC(=NC)NCCCN(C(C)C)C(C)C.I. The van der Waals surface area contributed by atoms with Gasteiger partial charge >= 0.3 is 0 Å². The molecule has 1 rings (SSSR count). The van der Waals surface area contributed by atoms with Crippen LogP contribution in [0.15, 0.2) is 29.3 Å². The Morgan fingerprint density at radius 1 is 1.07 bits per heavy atom. The normalized spacial score (nSPS) is 11.8. The first-order chi connectivity index (χ1) is 12.5. The molecule has 1 aromatic carbocycles. The Kier molecular flexibility index (Phi) is 14.6. The molecule has 1 aromatic rings. The monoisotopic (exact) mass is 490 g/mol. The summed E-state index contributed by atoms with van der Waals surface area (Å²) in [4.78, 5) is 6.85. The number of nitrogens with one attached hydrogen (secondary N) is 2. The van der Waals surface area contributed by atoms with Crippen LogP contribution >= 0.6 is 24.0 Å². The lowest BCUT2D eigenvalue weighted by molar-refractivity contribution is 0.133. The van der Waals surface area contributed by atoms with Crippen molar-refractivity contribution >= 4 is 29.9 Å². The molecule has 27 heavy (non-hydrogen) atoms. The zero-order valence-corrected chi connectivity index (χ0v) is 20.2. The molecule has 0 spiro atoms. The minimum absolute atomic E-state index is 0. The van der Waals surface area contributed by atoms with Crippen molar-refractivity contribution < 1.29 is 4.74 Å². The first-order valence-corrected chi connectivity index (χ1v) is 9.84. The summed E-state index contributed by atoms with van der Waals surface area (Å²) in [6, 6.07) is 9.53. The molecule has 0 saturated carbocycles. The third-order valence-electron chi connectivity index (χ3n) is 4.46. The lowest BCUT2D eigenvalue weighted by atomic mass is 10.1. The predicted molar refractivity (Wildman–Crippen MR) is 127 cm³/mol. The van der Waals surface area contributed by atoms with Crippen LogP contribution in [0.25, 0.3) is 0 Å². The molecule has 0 aliphatic heterocycles. The van der Waals surface area contributed by atoms with Crippen LogP contribution in [0.1, 0.15) is 52.2 Å². The molecule has 0 bridgehead atoms. The molecule has 0 radical (unpaired) electrons. The van der Waals surface area contributed by atoms with Gasteiger partial charge in [0.25, 0.3) is 0 Å². The Balaban J connectivity index is 0.00000676. The molecule has 2 N–H and O–H groups in total. The van der Waals surface area contributed by atoms with Crippen molar-refractivity contribution in [3.05, 3.63) is 35.4 Å². The average molecular weight is 490 g/mol. The standard InChI is InChI=1S/C21H38N4O.HI/c1-7-26-16-20-12-9-8-11-19(20)15-24-21(22-6)23-13-10-14-25(17(2)3)18(4)5;/h8-9,11-12,17-18H,7,10,13-16H2,1-6H3,(H2,22,23,24);1H. The predicted octanol–water partition coefficient (Wildman–Crippen LogP) is 4.02. The number of aliphatic imine (C=N–C) groups is 1.